The second-order valence-electron chi connectivity index (χ2n) is 6.33. The molecule has 0 aliphatic carbocycles. The zero-order chi connectivity index (χ0) is 19.0. The summed E-state index contributed by atoms with van der Waals surface area (Å²) in [5.41, 5.74) is 2.18. The number of nitrogens with zero attached hydrogens (tertiary/aromatic N) is 1. The van der Waals surface area contributed by atoms with Crippen molar-refractivity contribution in [1.82, 2.24) is 4.98 Å². The summed E-state index contributed by atoms with van der Waals surface area (Å²) in [5, 5.41) is 4.38. The highest BCUT2D eigenvalue weighted by atomic mass is 32.1. The van der Waals surface area contributed by atoms with Gasteiger partial charge >= 0.3 is 5.63 Å². The van der Waals surface area contributed by atoms with Gasteiger partial charge in [-0.25, -0.2) is 9.78 Å². The van der Waals surface area contributed by atoms with Gasteiger partial charge in [-0.3, -0.25) is 4.79 Å². The van der Waals surface area contributed by atoms with Gasteiger partial charge in [-0.1, -0.05) is 37.3 Å². The largest absolute Gasteiger partial charge is 0.407 e. The lowest BCUT2D eigenvalue weighted by Crippen LogP contribution is -2.09. The van der Waals surface area contributed by atoms with Crippen LogP contribution in [0.4, 0.5) is 0 Å². The maximum Gasteiger partial charge on any atom is 0.348 e. The van der Waals surface area contributed by atoms with E-state index in [-0.39, 0.29) is 17.3 Å². The highest BCUT2D eigenvalue weighted by Crippen LogP contribution is 2.29. The second kappa shape index (κ2) is 7.21. The fourth-order valence-corrected chi connectivity index (χ4v) is 4.75. The molecule has 0 N–H and O–H groups in total. The van der Waals surface area contributed by atoms with Gasteiger partial charge in [0.05, 0.1) is 16.2 Å². The number of carbonyl (C=O) groups excluding carboxylic acids is 1. The maximum absolute atomic E-state index is 12.5. The molecule has 0 spiro atoms. The van der Waals surface area contributed by atoms with Crippen molar-refractivity contribution >= 4 is 38.7 Å². The molecule has 0 saturated carbocycles. The van der Waals surface area contributed by atoms with Crippen molar-refractivity contribution in [2.45, 2.75) is 26.2 Å². The van der Waals surface area contributed by atoms with Crippen LogP contribution in [0.25, 0.3) is 10.2 Å². The minimum absolute atomic E-state index is 0.0183. The molecule has 0 amide bonds. The van der Waals surface area contributed by atoms with Crippen LogP contribution in [0.1, 0.15) is 51.5 Å². The van der Waals surface area contributed by atoms with Crippen molar-refractivity contribution in [3.63, 3.8) is 0 Å². The predicted molar refractivity (Wildman–Crippen MR) is 109 cm³/mol. The fourth-order valence-electron chi connectivity index (χ4n) is 3.15. The van der Waals surface area contributed by atoms with Crippen LogP contribution in [0.15, 0.2) is 56.4 Å². The summed E-state index contributed by atoms with van der Waals surface area (Å²) in [6.45, 7) is 3.92. The van der Waals surface area contributed by atoms with E-state index in [0.29, 0.717) is 21.7 Å². The SMILES string of the molecule is CCC(c1ccc(C(=O)c2cccs2)cc1)c1nc2scc(C)c2c(=O)o1. The average Bonchev–Trinajstić information content (AvgIpc) is 3.33. The lowest BCUT2D eigenvalue weighted by molar-refractivity contribution is 0.104. The molecular formula is C21H17NO3S2. The molecule has 6 heteroatoms. The quantitative estimate of drug-likeness (QED) is 0.425. The second-order valence-corrected chi connectivity index (χ2v) is 8.13. The van der Waals surface area contributed by atoms with Crippen molar-refractivity contribution in [1.29, 1.82) is 0 Å². The minimum atomic E-state index is -0.336. The molecule has 4 nitrogen and oxygen atoms in total. The first-order valence-corrected chi connectivity index (χ1v) is 10.4. The third-order valence-electron chi connectivity index (χ3n) is 4.60. The summed E-state index contributed by atoms with van der Waals surface area (Å²) in [5.74, 6) is 0.314. The van der Waals surface area contributed by atoms with E-state index in [4.69, 9.17) is 4.42 Å². The lowest BCUT2D eigenvalue weighted by atomic mass is 9.94. The zero-order valence-corrected chi connectivity index (χ0v) is 16.5. The number of hydrogen-bond acceptors (Lipinski definition) is 6. The van der Waals surface area contributed by atoms with Crippen LogP contribution < -0.4 is 5.63 Å². The van der Waals surface area contributed by atoms with Gasteiger partial charge in [0.1, 0.15) is 4.83 Å². The lowest BCUT2D eigenvalue weighted by Gasteiger charge is -2.13. The molecule has 0 aliphatic heterocycles. The van der Waals surface area contributed by atoms with Crippen LogP contribution in [0, 0.1) is 6.92 Å². The predicted octanol–water partition coefficient (Wildman–Crippen LogP) is 5.39. The Morgan fingerprint density at radius 3 is 2.63 bits per heavy atom. The summed E-state index contributed by atoms with van der Waals surface area (Å²) >= 11 is 2.89. The Morgan fingerprint density at radius 2 is 1.96 bits per heavy atom. The molecule has 0 aliphatic rings. The first-order valence-electron chi connectivity index (χ1n) is 8.65. The topological polar surface area (TPSA) is 60.2 Å². The molecule has 4 aromatic rings. The smallest absolute Gasteiger partial charge is 0.348 e. The van der Waals surface area contributed by atoms with Gasteiger partial charge in [0.25, 0.3) is 0 Å². The van der Waals surface area contributed by atoms with E-state index >= 15 is 0 Å². The molecule has 0 bridgehead atoms. The molecule has 0 fully saturated rings. The third kappa shape index (κ3) is 3.26. The third-order valence-corrected chi connectivity index (χ3v) is 6.45. The van der Waals surface area contributed by atoms with E-state index < -0.39 is 0 Å². The number of aryl methyl sites for hydroxylation is 1. The molecular weight excluding hydrogens is 378 g/mol. The van der Waals surface area contributed by atoms with Gasteiger partial charge in [-0.05, 0) is 41.3 Å². The fraction of sp³-hybridized carbons (Fsp3) is 0.190. The monoisotopic (exact) mass is 395 g/mol. The van der Waals surface area contributed by atoms with E-state index in [1.807, 2.05) is 61.0 Å². The Labute approximate surface area is 164 Å². The number of thiophene rings is 2. The molecule has 27 heavy (non-hydrogen) atoms. The molecule has 3 aromatic heterocycles. The summed E-state index contributed by atoms with van der Waals surface area (Å²) < 4.78 is 5.55. The number of ketones is 1. The van der Waals surface area contributed by atoms with Crippen LogP contribution in [0.3, 0.4) is 0 Å². The number of carbonyl (C=O) groups is 1. The van der Waals surface area contributed by atoms with Gasteiger partial charge in [0.2, 0.25) is 11.7 Å². The first-order chi connectivity index (χ1) is 13.1. The summed E-state index contributed by atoms with van der Waals surface area (Å²) in [6.07, 6.45) is 0.740. The van der Waals surface area contributed by atoms with Crippen molar-refractivity contribution in [2.24, 2.45) is 0 Å². The van der Waals surface area contributed by atoms with Crippen LogP contribution in [-0.2, 0) is 0 Å². The maximum atomic E-state index is 12.5. The molecule has 3 heterocycles. The Morgan fingerprint density at radius 1 is 1.19 bits per heavy atom. The van der Waals surface area contributed by atoms with Crippen molar-refractivity contribution in [2.75, 3.05) is 0 Å². The summed E-state index contributed by atoms with van der Waals surface area (Å²) in [4.78, 5) is 30.8. The zero-order valence-electron chi connectivity index (χ0n) is 14.9. The van der Waals surface area contributed by atoms with Crippen LogP contribution in [0.2, 0.25) is 0 Å². The highest BCUT2D eigenvalue weighted by Gasteiger charge is 2.20. The number of rotatable bonds is 5. The van der Waals surface area contributed by atoms with E-state index in [2.05, 4.69) is 4.98 Å². The number of hydrogen-bond donors (Lipinski definition) is 0. The van der Waals surface area contributed by atoms with Crippen LogP contribution in [-0.4, -0.2) is 10.8 Å². The molecule has 1 atom stereocenters. The highest BCUT2D eigenvalue weighted by molar-refractivity contribution is 7.16. The molecule has 4 rings (SSSR count). The summed E-state index contributed by atoms with van der Waals surface area (Å²) in [7, 11) is 0. The molecule has 0 saturated heterocycles. The Bertz CT molecular complexity index is 1150. The average molecular weight is 396 g/mol. The van der Waals surface area contributed by atoms with E-state index in [0.717, 1.165) is 22.4 Å². The van der Waals surface area contributed by atoms with Crippen LogP contribution in [0.5, 0.6) is 0 Å². The van der Waals surface area contributed by atoms with Crippen molar-refractivity contribution in [3.8, 4) is 0 Å². The Hall–Kier alpha value is -2.57. The minimum Gasteiger partial charge on any atom is -0.407 e. The van der Waals surface area contributed by atoms with Gasteiger partial charge in [-0.2, -0.15) is 0 Å². The molecule has 1 unspecified atom stereocenters. The van der Waals surface area contributed by atoms with Gasteiger partial charge < -0.3 is 4.42 Å². The molecule has 0 radical (unpaired) electrons. The van der Waals surface area contributed by atoms with Gasteiger partial charge in [0, 0.05) is 5.56 Å². The normalized spacial score (nSPS) is 12.4. The first kappa shape index (κ1) is 17.8. The number of aromatic nitrogens is 1. The standard InChI is InChI=1S/C21H17NO3S2/c1-3-15(19-22-20-17(21(24)25-19)12(2)11-27-20)13-6-8-14(9-7-13)18(23)16-5-4-10-26-16/h4-11,15H,3H2,1-2H3. The van der Waals surface area contributed by atoms with Crippen molar-refractivity contribution < 1.29 is 9.21 Å². The van der Waals surface area contributed by atoms with E-state index in [9.17, 15) is 9.59 Å². The van der Waals surface area contributed by atoms with Gasteiger partial charge in [0.15, 0.2) is 0 Å². The molecule has 1 aromatic carbocycles. The molecule has 136 valence electrons. The van der Waals surface area contributed by atoms with E-state index in [1.165, 1.54) is 22.7 Å². The van der Waals surface area contributed by atoms with Crippen LogP contribution >= 0.6 is 22.7 Å². The van der Waals surface area contributed by atoms with Gasteiger partial charge in [-0.15, -0.1) is 22.7 Å². The summed E-state index contributed by atoms with van der Waals surface area (Å²) in [6, 6.07) is 11.2. The number of fused-ring (bicyclic) bond motifs is 1. The number of benzene rings is 1. The van der Waals surface area contributed by atoms with Crippen molar-refractivity contribution in [3.05, 3.63) is 85.0 Å². The Kier molecular flexibility index (Phi) is 4.76. The Balaban J connectivity index is 1.69. The van der Waals surface area contributed by atoms with E-state index in [1.54, 1.807) is 0 Å².